The molecule has 1 unspecified atom stereocenters. The molecule has 0 saturated heterocycles. The van der Waals surface area contributed by atoms with Gasteiger partial charge in [0.25, 0.3) is 0 Å². The van der Waals surface area contributed by atoms with Gasteiger partial charge in [-0.25, -0.2) is 0 Å². The zero-order chi connectivity index (χ0) is 17.5. The molecular formula is C21H24N2O2. The molecule has 0 saturated carbocycles. The summed E-state index contributed by atoms with van der Waals surface area (Å²) < 4.78 is 2.11. The number of hydrogen-bond donors (Lipinski definition) is 2. The van der Waals surface area contributed by atoms with E-state index in [1.165, 1.54) is 5.39 Å². The van der Waals surface area contributed by atoms with Gasteiger partial charge < -0.3 is 15.0 Å². The molecule has 3 rings (SSSR count). The minimum atomic E-state index is -0.0535. The Morgan fingerprint density at radius 2 is 1.80 bits per heavy atom. The summed E-state index contributed by atoms with van der Waals surface area (Å²) in [6, 6.07) is 20.1. The number of carbonyl (C=O) groups is 1. The van der Waals surface area contributed by atoms with Gasteiger partial charge in [-0.2, -0.15) is 0 Å². The quantitative estimate of drug-likeness (QED) is 0.659. The summed E-state index contributed by atoms with van der Waals surface area (Å²) >= 11 is 0. The van der Waals surface area contributed by atoms with Gasteiger partial charge in [0.1, 0.15) is 0 Å². The number of hydrogen-bond acceptors (Lipinski definition) is 2. The average Bonchev–Trinajstić information content (AvgIpc) is 3.07. The summed E-state index contributed by atoms with van der Waals surface area (Å²) in [5.74, 6) is 0.0320. The lowest BCUT2D eigenvalue weighted by atomic mass is 10.0. The van der Waals surface area contributed by atoms with Gasteiger partial charge in [-0.05, 0) is 35.9 Å². The van der Waals surface area contributed by atoms with Crippen LogP contribution in [0.2, 0.25) is 0 Å². The van der Waals surface area contributed by atoms with Gasteiger partial charge in [0.05, 0.1) is 6.04 Å². The minimum absolute atomic E-state index is 0.0320. The highest BCUT2D eigenvalue weighted by Crippen LogP contribution is 2.19. The van der Waals surface area contributed by atoms with Crippen molar-refractivity contribution in [1.29, 1.82) is 0 Å². The van der Waals surface area contributed by atoms with Crippen molar-refractivity contribution in [3.63, 3.8) is 0 Å². The van der Waals surface area contributed by atoms with E-state index in [1.54, 1.807) is 0 Å². The highest BCUT2D eigenvalue weighted by Gasteiger charge is 2.14. The summed E-state index contributed by atoms with van der Waals surface area (Å²) in [6.07, 6.45) is 3.86. The molecule has 0 aliphatic carbocycles. The van der Waals surface area contributed by atoms with Crippen LogP contribution in [0, 0.1) is 0 Å². The number of nitrogens with one attached hydrogen (secondary N) is 1. The normalized spacial score (nSPS) is 12.2. The number of nitrogens with zero attached hydrogens (tertiary/aromatic N) is 1. The molecule has 2 aromatic carbocycles. The average molecular weight is 336 g/mol. The number of para-hydroxylation sites is 1. The molecule has 2 N–H and O–H groups in total. The number of rotatable bonds is 8. The topological polar surface area (TPSA) is 54.3 Å². The van der Waals surface area contributed by atoms with Gasteiger partial charge in [-0.15, -0.1) is 0 Å². The molecule has 0 fully saturated rings. The molecule has 0 radical (unpaired) electrons. The number of aryl methyl sites for hydroxylation is 1. The van der Waals surface area contributed by atoms with Crippen molar-refractivity contribution in [2.24, 2.45) is 0 Å². The molecule has 1 amide bonds. The lowest BCUT2D eigenvalue weighted by Crippen LogP contribution is -2.29. The molecular weight excluding hydrogens is 312 g/mol. The zero-order valence-electron chi connectivity index (χ0n) is 14.3. The van der Waals surface area contributed by atoms with Gasteiger partial charge in [-0.1, -0.05) is 48.5 Å². The number of amides is 1. The monoisotopic (exact) mass is 336 g/mol. The van der Waals surface area contributed by atoms with Crippen LogP contribution in [0.25, 0.3) is 10.9 Å². The van der Waals surface area contributed by atoms with Crippen LogP contribution in [-0.2, 0) is 11.3 Å². The molecule has 1 atom stereocenters. The largest absolute Gasteiger partial charge is 0.396 e. The predicted molar refractivity (Wildman–Crippen MR) is 100 cm³/mol. The van der Waals surface area contributed by atoms with Gasteiger partial charge in [-0.3, -0.25) is 4.79 Å². The standard InChI is InChI=1S/C21H24N2O2/c24-16-6-10-19(17-7-2-1-3-8-17)22-21(25)13-15-23-14-12-18-9-4-5-11-20(18)23/h1-5,7-9,11-12,14,19,24H,6,10,13,15-16H2,(H,22,25). The first-order chi connectivity index (χ1) is 12.3. The summed E-state index contributed by atoms with van der Waals surface area (Å²) in [5.41, 5.74) is 2.23. The number of aromatic nitrogens is 1. The molecule has 0 bridgehead atoms. The Kier molecular flexibility index (Phi) is 5.86. The number of aliphatic hydroxyl groups excluding tert-OH is 1. The van der Waals surface area contributed by atoms with E-state index >= 15 is 0 Å². The van der Waals surface area contributed by atoms with Crippen molar-refractivity contribution < 1.29 is 9.90 Å². The van der Waals surface area contributed by atoms with E-state index in [4.69, 9.17) is 5.11 Å². The number of benzene rings is 2. The summed E-state index contributed by atoms with van der Waals surface area (Å²) in [7, 11) is 0. The molecule has 3 aromatic rings. The zero-order valence-corrected chi connectivity index (χ0v) is 14.3. The van der Waals surface area contributed by atoms with Crippen molar-refractivity contribution in [3.8, 4) is 0 Å². The highest BCUT2D eigenvalue weighted by molar-refractivity contribution is 5.80. The van der Waals surface area contributed by atoms with Crippen LogP contribution in [0.3, 0.4) is 0 Å². The van der Waals surface area contributed by atoms with Gasteiger partial charge in [0.15, 0.2) is 0 Å². The van der Waals surface area contributed by atoms with Crippen LogP contribution < -0.4 is 5.32 Å². The van der Waals surface area contributed by atoms with Gasteiger partial charge in [0.2, 0.25) is 5.91 Å². The van der Waals surface area contributed by atoms with E-state index in [1.807, 2.05) is 48.7 Å². The second-order valence-electron chi connectivity index (χ2n) is 6.21. The fourth-order valence-corrected chi connectivity index (χ4v) is 3.13. The van der Waals surface area contributed by atoms with Crippen LogP contribution in [0.15, 0.2) is 66.9 Å². The van der Waals surface area contributed by atoms with Crippen LogP contribution in [0.5, 0.6) is 0 Å². The Bertz CT molecular complexity index is 811. The molecule has 4 nitrogen and oxygen atoms in total. The van der Waals surface area contributed by atoms with Crippen LogP contribution in [0.4, 0.5) is 0 Å². The maximum absolute atomic E-state index is 12.4. The lowest BCUT2D eigenvalue weighted by Gasteiger charge is -2.19. The first kappa shape index (κ1) is 17.2. The van der Waals surface area contributed by atoms with Gasteiger partial charge >= 0.3 is 0 Å². The number of aliphatic hydroxyl groups is 1. The molecule has 0 aliphatic heterocycles. The molecule has 0 aliphatic rings. The van der Waals surface area contributed by atoms with Gasteiger partial charge in [0, 0.05) is 31.3 Å². The summed E-state index contributed by atoms with van der Waals surface area (Å²) in [5, 5.41) is 13.4. The summed E-state index contributed by atoms with van der Waals surface area (Å²) in [6.45, 7) is 0.787. The maximum atomic E-state index is 12.4. The van der Waals surface area contributed by atoms with E-state index in [2.05, 4.69) is 28.1 Å². The molecule has 25 heavy (non-hydrogen) atoms. The van der Waals surface area contributed by atoms with E-state index < -0.39 is 0 Å². The molecule has 1 aromatic heterocycles. The third kappa shape index (κ3) is 4.48. The second kappa shape index (κ2) is 8.49. The van der Waals surface area contributed by atoms with Crippen LogP contribution in [0.1, 0.15) is 30.9 Å². The van der Waals surface area contributed by atoms with E-state index in [0.29, 0.717) is 19.4 Å². The second-order valence-corrected chi connectivity index (χ2v) is 6.21. The van der Waals surface area contributed by atoms with E-state index in [0.717, 1.165) is 17.5 Å². The lowest BCUT2D eigenvalue weighted by molar-refractivity contribution is -0.122. The van der Waals surface area contributed by atoms with E-state index in [-0.39, 0.29) is 18.6 Å². The molecule has 130 valence electrons. The first-order valence-corrected chi connectivity index (χ1v) is 8.77. The van der Waals surface area contributed by atoms with Crippen molar-refractivity contribution in [2.75, 3.05) is 6.61 Å². The maximum Gasteiger partial charge on any atom is 0.222 e. The molecule has 1 heterocycles. The predicted octanol–water partition coefficient (Wildman–Crippen LogP) is 3.66. The number of carbonyl (C=O) groups excluding carboxylic acids is 1. The SMILES string of the molecule is O=C(CCn1ccc2ccccc21)NC(CCCO)c1ccccc1. The van der Waals surface area contributed by atoms with Crippen LogP contribution >= 0.6 is 0 Å². The Labute approximate surface area is 148 Å². The third-order valence-electron chi connectivity index (χ3n) is 4.45. The highest BCUT2D eigenvalue weighted by atomic mass is 16.3. The Hall–Kier alpha value is -2.59. The van der Waals surface area contributed by atoms with Crippen molar-refractivity contribution in [1.82, 2.24) is 9.88 Å². The third-order valence-corrected chi connectivity index (χ3v) is 4.45. The summed E-state index contributed by atoms with van der Waals surface area (Å²) in [4.78, 5) is 12.4. The fraction of sp³-hybridized carbons (Fsp3) is 0.286. The molecule has 0 spiro atoms. The van der Waals surface area contributed by atoms with Crippen molar-refractivity contribution in [2.45, 2.75) is 31.8 Å². The smallest absolute Gasteiger partial charge is 0.222 e. The van der Waals surface area contributed by atoms with Crippen molar-refractivity contribution in [3.05, 3.63) is 72.4 Å². The van der Waals surface area contributed by atoms with Crippen LogP contribution in [-0.4, -0.2) is 22.2 Å². The fourth-order valence-electron chi connectivity index (χ4n) is 3.13. The number of fused-ring (bicyclic) bond motifs is 1. The van der Waals surface area contributed by atoms with Crippen molar-refractivity contribution >= 4 is 16.8 Å². The Morgan fingerprint density at radius 1 is 1.04 bits per heavy atom. The Balaban J connectivity index is 1.61. The minimum Gasteiger partial charge on any atom is -0.396 e. The Morgan fingerprint density at radius 3 is 2.60 bits per heavy atom. The van der Waals surface area contributed by atoms with E-state index in [9.17, 15) is 4.79 Å². The molecule has 4 heteroatoms. The first-order valence-electron chi connectivity index (χ1n) is 8.77.